The molecule has 2 amide bonds. The Morgan fingerprint density at radius 1 is 1.35 bits per heavy atom. The Balaban J connectivity index is 1.46. The summed E-state index contributed by atoms with van der Waals surface area (Å²) in [6.07, 6.45) is 2.62. The summed E-state index contributed by atoms with van der Waals surface area (Å²) >= 11 is 5.72. The van der Waals surface area contributed by atoms with Crippen molar-refractivity contribution in [1.29, 1.82) is 0 Å². The molecule has 1 aromatic rings. The molecule has 126 valence electrons. The maximum atomic E-state index is 13.1. The van der Waals surface area contributed by atoms with Gasteiger partial charge in [-0.05, 0) is 31.0 Å². The number of urea groups is 1. The fraction of sp³-hybridized carbons (Fsp3) is 0.562. The molecule has 2 saturated heterocycles. The molecule has 0 saturated carbocycles. The van der Waals surface area contributed by atoms with E-state index in [9.17, 15) is 9.18 Å². The van der Waals surface area contributed by atoms with E-state index in [2.05, 4.69) is 10.2 Å². The summed E-state index contributed by atoms with van der Waals surface area (Å²) in [5, 5.41) is 2.76. The van der Waals surface area contributed by atoms with Crippen LogP contribution < -0.4 is 5.32 Å². The van der Waals surface area contributed by atoms with Crippen LogP contribution in [0.15, 0.2) is 18.2 Å². The van der Waals surface area contributed by atoms with Crippen molar-refractivity contribution in [3.05, 3.63) is 29.0 Å². The van der Waals surface area contributed by atoms with Crippen LogP contribution in [0.25, 0.3) is 0 Å². The van der Waals surface area contributed by atoms with Gasteiger partial charge in [-0.2, -0.15) is 0 Å². The minimum Gasteiger partial charge on any atom is -0.377 e. The number of hydrogen-bond donors (Lipinski definition) is 1. The van der Waals surface area contributed by atoms with Crippen LogP contribution >= 0.6 is 11.6 Å². The molecular weight excluding hydrogens is 321 g/mol. The molecule has 1 unspecified atom stereocenters. The molecule has 1 aromatic carbocycles. The molecule has 3 rings (SSSR count). The lowest BCUT2D eigenvalue weighted by atomic mass is 10.2. The Morgan fingerprint density at radius 2 is 2.13 bits per heavy atom. The molecule has 2 fully saturated rings. The van der Waals surface area contributed by atoms with Gasteiger partial charge in [0.1, 0.15) is 5.82 Å². The second-order valence-electron chi connectivity index (χ2n) is 5.98. The van der Waals surface area contributed by atoms with Crippen molar-refractivity contribution in [2.45, 2.75) is 18.9 Å². The third-order valence-electron chi connectivity index (χ3n) is 4.32. The van der Waals surface area contributed by atoms with Crippen LogP contribution in [0.3, 0.4) is 0 Å². The van der Waals surface area contributed by atoms with Gasteiger partial charge in [0, 0.05) is 45.0 Å². The molecule has 1 atom stereocenters. The van der Waals surface area contributed by atoms with E-state index in [1.807, 2.05) is 0 Å². The van der Waals surface area contributed by atoms with Gasteiger partial charge in [0.25, 0.3) is 0 Å². The number of carbonyl (C=O) groups excluding carboxylic acids is 1. The molecule has 23 heavy (non-hydrogen) atoms. The summed E-state index contributed by atoms with van der Waals surface area (Å²) in [6, 6.07) is 4.00. The maximum absolute atomic E-state index is 13.1. The zero-order valence-corrected chi connectivity index (χ0v) is 13.7. The second-order valence-corrected chi connectivity index (χ2v) is 6.39. The monoisotopic (exact) mass is 341 g/mol. The Kier molecular flexibility index (Phi) is 5.35. The minimum absolute atomic E-state index is 0.00387. The number of amides is 2. The highest BCUT2D eigenvalue weighted by atomic mass is 35.5. The van der Waals surface area contributed by atoms with Gasteiger partial charge < -0.3 is 15.0 Å². The number of halogens is 2. The van der Waals surface area contributed by atoms with Crippen LogP contribution in [0.1, 0.15) is 12.8 Å². The van der Waals surface area contributed by atoms with Gasteiger partial charge >= 0.3 is 6.03 Å². The van der Waals surface area contributed by atoms with Crippen LogP contribution in [0.2, 0.25) is 5.02 Å². The average molecular weight is 342 g/mol. The van der Waals surface area contributed by atoms with E-state index in [4.69, 9.17) is 16.3 Å². The molecule has 7 heteroatoms. The standard InChI is InChI=1S/C16H21ClFN3O2/c17-14-10-12(3-4-15(14)18)19-16(22)21-7-5-20(6-8-21)11-13-2-1-9-23-13/h3-4,10,13H,1-2,5-9,11H2,(H,19,22). The summed E-state index contributed by atoms with van der Waals surface area (Å²) < 4.78 is 18.8. The van der Waals surface area contributed by atoms with Crippen LogP contribution in [0, 0.1) is 5.82 Å². The van der Waals surface area contributed by atoms with Crippen LogP contribution in [-0.4, -0.2) is 61.3 Å². The normalized spacial score (nSPS) is 22.3. The first-order chi connectivity index (χ1) is 11.1. The van der Waals surface area contributed by atoms with Gasteiger partial charge in [0.2, 0.25) is 0 Å². The van der Waals surface area contributed by atoms with Gasteiger partial charge in [0.05, 0.1) is 11.1 Å². The predicted molar refractivity (Wildman–Crippen MR) is 87.4 cm³/mol. The summed E-state index contributed by atoms with van der Waals surface area (Å²) in [5.74, 6) is -0.493. The highest BCUT2D eigenvalue weighted by Gasteiger charge is 2.24. The Hall–Kier alpha value is -1.37. The van der Waals surface area contributed by atoms with Crippen molar-refractivity contribution in [2.75, 3.05) is 44.6 Å². The second kappa shape index (κ2) is 7.47. The van der Waals surface area contributed by atoms with Crippen molar-refractivity contribution < 1.29 is 13.9 Å². The van der Waals surface area contributed by atoms with Gasteiger partial charge in [-0.15, -0.1) is 0 Å². The fourth-order valence-electron chi connectivity index (χ4n) is 2.99. The lowest BCUT2D eigenvalue weighted by Crippen LogP contribution is -2.51. The number of benzene rings is 1. The first-order valence-electron chi connectivity index (χ1n) is 7.97. The number of carbonyl (C=O) groups is 1. The van der Waals surface area contributed by atoms with Gasteiger partial charge in [-0.25, -0.2) is 9.18 Å². The van der Waals surface area contributed by atoms with Crippen LogP contribution in [0.5, 0.6) is 0 Å². The molecule has 0 spiro atoms. The van der Waals surface area contributed by atoms with Crippen molar-refractivity contribution in [3.8, 4) is 0 Å². The number of piperazine rings is 1. The van der Waals surface area contributed by atoms with E-state index in [1.165, 1.54) is 18.2 Å². The van der Waals surface area contributed by atoms with E-state index in [0.717, 1.165) is 39.1 Å². The highest BCUT2D eigenvalue weighted by molar-refractivity contribution is 6.31. The lowest BCUT2D eigenvalue weighted by Gasteiger charge is -2.35. The number of anilines is 1. The minimum atomic E-state index is -0.493. The quantitative estimate of drug-likeness (QED) is 0.919. The number of nitrogens with zero attached hydrogens (tertiary/aromatic N) is 2. The average Bonchev–Trinajstić information content (AvgIpc) is 3.04. The smallest absolute Gasteiger partial charge is 0.321 e. The summed E-state index contributed by atoms with van der Waals surface area (Å²) in [7, 11) is 0. The Bertz CT molecular complexity index is 558. The van der Waals surface area contributed by atoms with E-state index >= 15 is 0 Å². The van der Waals surface area contributed by atoms with Crippen molar-refractivity contribution in [2.24, 2.45) is 0 Å². The van der Waals surface area contributed by atoms with Crippen molar-refractivity contribution in [1.82, 2.24) is 9.80 Å². The van der Waals surface area contributed by atoms with Crippen LogP contribution in [0.4, 0.5) is 14.9 Å². The van der Waals surface area contributed by atoms with E-state index < -0.39 is 5.82 Å². The van der Waals surface area contributed by atoms with E-state index in [1.54, 1.807) is 4.90 Å². The molecule has 1 N–H and O–H groups in total. The first kappa shape index (κ1) is 16.5. The van der Waals surface area contributed by atoms with Gasteiger partial charge in [-0.1, -0.05) is 11.6 Å². The Morgan fingerprint density at radius 3 is 2.78 bits per heavy atom. The SMILES string of the molecule is O=C(Nc1ccc(F)c(Cl)c1)N1CCN(CC2CCCO2)CC1. The van der Waals surface area contributed by atoms with Gasteiger partial charge in [0.15, 0.2) is 0 Å². The molecule has 0 bridgehead atoms. The molecule has 0 aliphatic carbocycles. The third-order valence-corrected chi connectivity index (χ3v) is 4.61. The van der Waals surface area contributed by atoms with E-state index in [-0.39, 0.29) is 11.1 Å². The number of hydrogen-bond acceptors (Lipinski definition) is 3. The largest absolute Gasteiger partial charge is 0.377 e. The highest BCUT2D eigenvalue weighted by Crippen LogP contribution is 2.20. The topological polar surface area (TPSA) is 44.8 Å². The van der Waals surface area contributed by atoms with Crippen molar-refractivity contribution in [3.63, 3.8) is 0 Å². The molecule has 2 aliphatic heterocycles. The first-order valence-corrected chi connectivity index (χ1v) is 8.34. The predicted octanol–water partition coefficient (Wildman–Crippen LogP) is 2.81. The summed E-state index contributed by atoms with van der Waals surface area (Å²) in [4.78, 5) is 16.4. The van der Waals surface area contributed by atoms with Crippen LogP contribution in [-0.2, 0) is 4.74 Å². The molecule has 2 heterocycles. The molecule has 0 aromatic heterocycles. The lowest BCUT2D eigenvalue weighted by molar-refractivity contribution is 0.0572. The van der Waals surface area contributed by atoms with Gasteiger partial charge in [-0.3, -0.25) is 4.90 Å². The molecule has 5 nitrogen and oxygen atoms in total. The number of rotatable bonds is 3. The molecule has 2 aliphatic rings. The fourth-order valence-corrected chi connectivity index (χ4v) is 3.17. The summed E-state index contributed by atoms with van der Waals surface area (Å²) in [5.41, 5.74) is 0.503. The number of ether oxygens (including phenoxy) is 1. The maximum Gasteiger partial charge on any atom is 0.321 e. The zero-order valence-electron chi connectivity index (χ0n) is 12.9. The number of nitrogens with one attached hydrogen (secondary N) is 1. The zero-order chi connectivity index (χ0) is 16.2. The third kappa shape index (κ3) is 4.34. The Labute approximate surface area is 140 Å². The van der Waals surface area contributed by atoms with Crippen molar-refractivity contribution >= 4 is 23.3 Å². The van der Waals surface area contributed by atoms with E-state index in [0.29, 0.717) is 24.9 Å². The molecular formula is C16H21ClFN3O2. The molecule has 0 radical (unpaired) electrons. The summed E-state index contributed by atoms with van der Waals surface area (Å²) in [6.45, 7) is 4.85.